The van der Waals surface area contributed by atoms with E-state index in [0.29, 0.717) is 18.4 Å². The third-order valence-electron chi connectivity index (χ3n) is 3.30. The first kappa shape index (κ1) is 14.2. The fraction of sp³-hybridized carbons (Fsp3) is 0.429. The molecule has 1 aromatic carbocycles. The van der Waals surface area contributed by atoms with E-state index >= 15 is 0 Å². The van der Waals surface area contributed by atoms with Crippen molar-refractivity contribution in [2.45, 2.75) is 38.8 Å². The lowest BCUT2D eigenvalue weighted by atomic mass is 9.96. The first-order chi connectivity index (χ1) is 9.01. The van der Waals surface area contributed by atoms with Crippen LogP contribution in [0, 0.1) is 0 Å². The Morgan fingerprint density at radius 2 is 2.05 bits per heavy atom. The van der Waals surface area contributed by atoms with Gasteiger partial charge >= 0.3 is 0 Å². The molecule has 0 saturated carbocycles. The number of carbonyl (C=O) groups is 1. The summed E-state index contributed by atoms with van der Waals surface area (Å²) >= 11 is 3.36. The first-order valence-electron chi connectivity index (χ1n) is 6.39. The molecule has 0 aromatic heterocycles. The summed E-state index contributed by atoms with van der Waals surface area (Å²) in [7, 11) is 0. The number of hydrogen-bond acceptors (Lipinski definition) is 3. The largest absolute Gasteiger partial charge is 0.365 e. The van der Waals surface area contributed by atoms with Crippen molar-refractivity contribution in [3.63, 3.8) is 0 Å². The van der Waals surface area contributed by atoms with Gasteiger partial charge in [-0.1, -0.05) is 41.9 Å². The second-order valence-corrected chi connectivity index (χ2v) is 5.49. The molecule has 0 spiro atoms. The van der Waals surface area contributed by atoms with Crippen LogP contribution in [-0.4, -0.2) is 21.7 Å². The second kappa shape index (κ2) is 5.43. The van der Waals surface area contributed by atoms with E-state index in [0.717, 1.165) is 16.6 Å². The topological polar surface area (TPSA) is 52.9 Å². The Morgan fingerprint density at radius 3 is 2.58 bits per heavy atom. The van der Waals surface area contributed by atoms with Crippen LogP contribution in [0.3, 0.4) is 0 Å². The van der Waals surface area contributed by atoms with Crippen molar-refractivity contribution in [3.05, 3.63) is 34.3 Å². The Kier molecular flexibility index (Phi) is 4.06. The fourth-order valence-electron chi connectivity index (χ4n) is 2.17. The lowest BCUT2D eigenvalue weighted by molar-refractivity contribution is -0.157. The van der Waals surface area contributed by atoms with Crippen LogP contribution < -0.4 is 0 Å². The van der Waals surface area contributed by atoms with E-state index in [1.807, 2.05) is 31.2 Å². The van der Waals surface area contributed by atoms with Crippen molar-refractivity contribution < 1.29 is 9.90 Å². The van der Waals surface area contributed by atoms with Gasteiger partial charge in [-0.25, -0.2) is 0 Å². The Morgan fingerprint density at radius 1 is 1.42 bits per heavy atom. The number of aliphatic hydroxyl groups is 1. The number of hydrazone groups is 1. The minimum atomic E-state index is -1.35. The van der Waals surface area contributed by atoms with E-state index in [9.17, 15) is 9.90 Å². The number of rotatable bonds is 3. The molecule has 0 radical (unpaired) electrons. The van der Waals surface area contributed by atoms with Gasteiger partial charge in [0.05, 0.1) is 0 Å². The monoisotopic (exact) mass is 324 g/mol. The van der Waals surface area contributed by atoms with Crippen molar-refractivity contribution in [3.8, 4) is 0 Å². The zero-order chi connectivity index (χ0) is 14.0. The fourth-order valence-corrected chi connectivity index (χ4v) is 2.43. The molecular weight excluding hydrogens is 308 g/mol. The van der Waals surface area contributed by atoms with Crippen molar-refractivity contribution in [2.75, 3.05) is 0 Å². The predicted molar refractivity (Wildman–Crippen MR) is 77.5 cm³/mol. The Balaban J connectivity index is 2.40. The third-order valence-corrected chi connectivity index (χ3v) is 3.82. The molecule has 1 atom stereocenters. The van der Waals surface area contributed by atoms with E-state index in [-0.39, 0.29) is 5.91 Å². The molecule has 1 N–H and O–H groups in total. The normalized spacial score (nSPS) is 22.5. The number of halogens is 1. The van der Waals surface area contributed by atoms with Gasteiger partial charge in [-0.2, -0.15) is 10.1 Å². The summed E-state index contributed by atoms with van der Waals surface area (Å²) in [6.45, 7) is 3.74. The Labute approximate surface area is 121 Å². The number of nitrogens with zero attached hydrogens (tertiary/aromatic N) is 2. The Hall–Kier alpha value is -1.20. The van der Waals surface area contributed by atoms with Crippen LogP contribution in [-0.2, 0) is 10.5 Å². The first-order valence-corrected chi connectivity index (χ1v) is 7.18. The van der Waals surface area contributed by atoms with Crippen LogP contribution in [0.15, 0.2) is 33.8 Å². The molecule has 0 unspecified atom stereocenters. The molecule has 102 valence electrons. The van der Waals surface area contributed by atoms with Gasteiger partial charge in [0.2, 0.25) is 5.91 Å². The van der Waals surface area contributed by atoms with Crippen LogP contribution in [0.2, 0.25) is 0 Å². The summed E-state index contributed by atoms with van der Waals surface area (Å²) in [5.74, 6) is -0.172. The molecular formula is C14H17BrN2O2. The van der Waals surface area contributed by atoms with Gasteiger partial charge < -0.3 is 5.11 Å². The molecule has 2 rings (SSSR count). The average Bonchev–Trinajstić information content (AvgIpc) is 2.77. The van der Waals surface area contributed by atoms with Crippen LogP contribution in [0.4, 0.5) is 0 Å². The Bertz CT molecular complexity index is 513. The summed E-state index contributed by atoms with van der Waals surface area (Å²) < 4.78 is 0.933. The predicted octanol–water partition coefficient (Wildman–Crippen LogP) is 3.00. The highest BCUT2D eigenvalue weighted by Crippen LogP contribution is 2.36. The molecule has 1 aliphatic heterocycles. The highest BCUT2D eigenvalue weighted by molar-refractivity contribution is 9.10. The van der Waals surface area contributed by atoms with E-state index < -0.39 is 5.72 Å². The lowest BCUT2D eigenvalue weighted by Gasteiger charge is -2.31. The molecule has 19 heavy (non-hydrogen) atoms. The van der Waals surface area contributed by atoms with Crippen molar-refractivity contribution in [2.24, 2.45) is 5.10 Å². The maximum Gasteiger partial charge on any atom is 0.245 e. The van der Waals surface area contributed by atoms with Gasteiger partial charge in [0.25, 0.3) is 0 Å². The molecule has 1 aromatic rings. The summed E-state index contributed by atoms with van der Waals surface area (Å²) in [6.07, 6.45) is 1.42. The van der Waals surface area contributed by atoms with Gasteiger partial charge in [-0.3, -0.25) is 4.79 Å². The number of amides is 1. The maximum absolute atomic E-state index is 12.0. The van der Waals surface area contributed by atoms with Gasteiger partial charge in [0.15, 0.2) is 5.72 Å². The standard InChI is InChI=1S/C14H17BrN2O2/c1-3-12-9-14(19,17(16-12)13(18)4-2)10-5-7-11(15)8-6-10/h5-8,19H,3-4,9H2,1-2H3/t14-/m1/s1. The highest BCUT2D eigenvalue weighted by Gasteiger charge is 2.44. The molecule has 5 heteroatoms. The zero-order valence-electron chi connectivity index (χ0n) is 11.1. The van der Waals surface area contributed by atoms with Crippen LogP contribution in [0.5, 0.6) is 0 Å². The number of benzene rings is 1. The number of carbonyl (C=O) groups excluding carboxylic acids is 1. The van der Waals surface area contributed by atoms with Crippen molar-refractivity contribution >= 4 is 27.5 Å². The summed E-state index contributed by atoms with van der Waals surface area (Å²) in [5.41, 5.74) is 0.177. The summed E-state index contributed by atoms with van der Waals surface area (Å²) in [4.78, 5) is 12.0. The highest BCUT2D eigenvalue weighted by atomic mass is 79.9. The zero-order valence-corrected chi connectivity index (χ0v) is 12.6. The van der Waals surface area contributed by atoms with E-state index in [1.165, 1.54) is 5.01 Å². The molecule has 1 heterocycles. The molecule has 4 nitrogen and oxygen atoms in total. The van der Waals surface area contributed by atoms with Gasteiger partial charge in [-0.15, -0.1) is 0 Å². The SMILES string of the molecule is CCC(=O)N1N=C(CC)C[C@@]1(O)c1ccc(Br)cc1. The number of hydrogen-bond donors (Lipinski definition) is 1. The minimum Gasteiger partial charge on any atom is -0.365 e. The lowest BCUT2D eigenvalue weighted by Crippen LogP contribution is -2.43. The summed E-state index contributed by atoms with van der Waals surface area (Å²) in [5, 5.41) is 16.4. The molecule has 0 saturated heterocycles. The van der Waals surface area contributed by atoms with Crippen molar-refractivity contribution in [1.82, 2.24) is 5.01 Å². The van der Waals surface area contributed by atoms with Crippen LogP contribution in [0.25, 0.3) is 0 Å². The van der Waals surface area contributed by atoms with Crippen molar-refractivity contribution in [1.29, 1.82) is 0 Å². The minimum absolute atomic E-state index is 0.172. The quantitative estimate of drug-likeness (QED) is 0.929. The molecule has 1 aliphatic rings. The molecule has 0 aliphatic carbocycles. The van der Waals surface area contributed by atoms with Crippen LogP contribution >= 0.6 is 15.9 Å². The molecule has 1 amide bonds. The third kappa shape index (κ3) is 2.58. The van der Waals surface area contributed by atoms with Crippen LogP contribution in [0.1, 0.15) is 38.7 Å². The summed E-state index contributed by atoms with van der Waals surface area (Å²) in [6, 6.07) is 7.33. The van der Waals surface area contributed by atoms with Gasteiger partial charge in [0.1, 0.15) is 0 Å². The smallest absolute Gasteiger partial charge is 0.245 e. The van der Waals surface area contributed by atoms with Gasteiger partial charge in [-0.05, 0) is 18.6 Å². The van der Waals surface area contributed by atoms with Gasteiger partial charge in [0, 0.05) is 28.6 Å². The van der Waals surface area contributed by atoms with E-state index in [4.69, 9.17) is 0 Å². The second-order valence-electron chi connectivity index (χ2n) is 4.58. The average molecular weight is 325 g/mol. The molecule has 0 fully saturated rings. The van der Waals surface area contributed by atoms with E-state index in [1.54, 1.807) is 6.92 Å². The van der Waals surface area contributed by atoms with E-state index in [2.05, 4.69) is 21.0 Å². The maximum atomic E-state index is 12.0. The molecule has 0 bridgehead atoms.